The van der Waals surface area contributed by atoms with Crippen molar-refractivity contribution in [3.63, 3.8) is 0 Å². The van der Waals surface area contributed by atoms with Crippen LogP contribution < -0.4 is 0 Å². The molecule has 1 aromatic heterocycles. The average Bonchev–Trinajstić information content (AvgIpc) is 2.15. The van der Waals surface area contributed by atoms with Crippen LogP contribution in [0, 0.1) is 5.92 Å². The Balaban J connectivity index is 2.48. The Bertz CT molecular complexity index is 158. The lowest BCUT2D eigenvalue weighted by molar-refractivity contribution is 0.350. The van der Waals surface area contributed by atoms with E-state index in [2.05, 4.69) is 24.2 Å². The summed E-state index contributed by atoms with van der Waals surface area (Å²) in [4.78, 5) is 0. The smallest absolute Gasteiger partial charge is 0.157 e. The van der Waals surface area contributed by atoms with Crippen LogP contribution in [0.3, 0.4) is 0 Å². The van der Waals surface area contributed by atoms with Gasteiger partial charge in [0.25, 0.3) is 0 Å². The van der Waals surface area contributed by atoms with Gasteiger partial charge in [0, 0.05) is 11.7 Å². The topological polar surface area (TPSA) is 38.9 Å². The highest BCUT2D eigenvalue weighted by Gasteiger charge is 1.99. The van der Waals surface area contributed by atoms with Gasteiger partial charge in [-0.15, -0.1) is 5.10 Å². The van der Waals surface area contributed by atoms with E-state index in [0.29, 0.717) is 5.92 Å². The van der Waals surface area contributed by atoms with Gasteiger partial charge in [0.1, 0.15) is 0 Å². The maximum atomic E-state index is 4.78. The molecule has 0 saturated heterocycles. The highest BCUT2D eigenvalue weighted by molar-refractivity contribution is 4.86. The van der Waals surface area contributed by atoms with Crippen LogP contribution in [0.2, 0.25) is 0 Å². The van der Waals surface area contributed by atoms with Crippen LogP contribution in [0.1, 0.15) is 19.6 Å². The van der Waals surface area contributed by atoms with Crippen LogP contribution in [-0.2, 0) is 6.42 Å². The Morgan fingerprint density at radius 3 is 2.89 bits per heavy atom. The minimum absolute atomic E-state index is 0.611. The lowest BCUT2D eigenvalue weighted by Crippen LogP contribution is -1.90. The number of aromatic nitrogens is 2. The van der Waals surface area contributed by atoms with Gasteiger partial charge in [-0.2, -0.15) is 0 Å². The quantitative estimate of drug-likeness (QED) is 0.599. The van der Waals surface area contributed by atoms with Gasteiger partial charge in [0.05, 0.1) is 6.20 Å². The Labute approximate surface area is 54.0 Å². The Hall–Kier alpha value is -0.860. The fourth-order valence-electron chi connectivity index (χ4n) is 0.680. The maximum absolute atomic E-state index is 4.78. The summed E-state index contributed by atoms with van der Waals surface area (Å²) in [6, 6.07) is 0. The van der Waals surface area contributed by atoms with Gasteiger partial charge in [-0.05, 0) is 5.92 Å². The summed E-state index contributed by atoms with van der Waals surface area (Å²) >= 11 is 0. The van der Waals surface area contributed by atoms with E-state index < -0.39 is 0 Å². The van der Waals surface area contributed by atoms with Crippen LogP contribution in [0.5, 0.6) is 0 Å². The van der Waals surface area contributed by atoms with E-state index in [-0.39, 0.29) is 0 Å². The molecule has 50 valence electrons. The molecule has 9 heavy (non-hydrogen) atoms. The predicted molar refractivity (Wildman–Crippen MR) is 32.8 cm³/mol. The molecule has 3 heteroatoms. The van der Waals surface area contributed by atoms with E-state index in [1.54, 1.807) is 6.20 Å². The molecular weight excluding hydrogens is 116 g/mol. The highest BCUT2D eigenvalue weighted by Crippen LogP contribution is 2.03. The van der Waals surface area contributed by atoms with Crippen molar-refractivity contribution in [3.05, 3.63) is 12.0 Å². The molecule has 0 aromatic carbocycles. The SMILES string of the molecule is CC(C)Cc1cnno1. The van der Waals surface area contributed by atoms with Crippen LogP contribution in [-0.4, -0.2) is 10.4 Å². The summed E-state index contributed by atoms with van der Waals surface area (Å²) < 4.78 is 4.78. The van der Waals surface area contributed by atoms with E-state index in [9.17, 15) is 0 Å². The van der Waals surface area contributed by atoms with Crippen molar-refractivity contribution < 1.29 is 4.52 Å². The molecule has 0 amide bonds. The summed E-state index contributed by atoms with van der Waals surface area (Å²) in [5.74, 6) is 1.48. The third-order valence-electron chi connectivity index (χ3n) is 1.02. The fourth-order valence-corrected chi connectivity index (χ4v) is 0.680. The second-order valence-corrected chi connectivity index (χ2v) is 2.48. The maximum Gasteiger partial charge on any atom is 0.157 e. The highest BCUT2D eigenvalue weighted by atomic mass is 16.5. The Kier molecular flexibility index (Phi) is 1.82. The molecule has 0 aliphatic rings. The second-order valence-electron chi connectivity index (χ2n) is 2.48. The van der Waals surface area contributed by atoms with E-state index in [1.165, 1.54) is 0 Å². The third kappa shape index (κ3) is 1.83. The molecule has 0 bridgehead atoms. The van der Waals surface area contributed by atoms with E-state index >= 15 is 0 Å². The first-order valence-corrected chi connectivity index (χ1v) is 3.05. The molecule has 0 saturated carbocycles. The monoisotopic (exact) mass is 126 g/mol. The molecule has 0 aliphatic carbocycles. The minimum atomic E-state index is 0.611. The van der Waals surface area contributed by atoms with Crippen molar-refractivity contribution in [1.82, 2.24) is 10.4 Å². The standard InChI is InChI=1S/C6H10N2O/c1-5(2)3-6-4-7-8-9-6/h4-5H,3H2,1-2H3. The zero-order valence-corrected chi connectivity index (χ0v) is 5.66. The fraction of sp³-hybridized carbons (Fsp3) is 0.667. The van der Waals surface area contributed by atoms with Gasteiger partial charge in [-0.1, -0.05) is 13.8 Å². The molecule has 0 atom stereocenters. The van der Waals surface area contributed by atoms with Crippen molar-refractivity contribution in [2.75, 3.05) is 0 Å². The number of rotatable bonds is 2. The average molecular weight is 126 g/mol. The van der Waals surface area contributed by atoms with Crippen molar-refractivity contribution in [1.29, 1.82) is 0 Å². The zero-order chi connectivity index (χ0) is 6.69. The molecule has 0 N–H and O–H groups in total. The molecule has 1 heterocycles. The molecule has 0 radical (unpaired) electrons. The van der Waals surface area contributed by atoms with Crippen LogP contribution in [0.4, 0.5) is 0 Å². The van der Waals surface area contributed by atoms with Gasteiger partial charge < -0.3 is 4.52 Å². The number of hydrogen-bond donors (Lipinski definition) is 0. The first-order valence-electron chi connectivity index (χ1n) is 3.05. The largest absolute Gasteiger partial charge is 0.342 e. The van der Waals surface area contributed by atoms with E-state index in [0.717, 1.165) is 12.2 Å². The Morgan fingerprint density at radius 2 is 2.44 bits per heavy atom. The van der Waals surface area contributed by atoms with Crippen LogP contribution >= 0.6 is 0 Å². The summed E-state index contributed by atoms with van der Waals surface area (Å²) in [7, 11) is 0. The first kappa shape index (κ1) is 6.26. The van der Waals surface area contributed by atoms with Crippen molar-refractivity contribution >= 4 is 0 Å². The normalized spacial score (nSPS) is 10.6. The molecule has 0 fully saturated rings. The summed E-state index contributed by atoms with van der Waals surface area (Å²) in [6.07, 6.45) is 2.58. The lowest BCUT2D eigenvalue weighted by Gasteiger charge is -1.95. The van der Waals surface area contributed by atoms with Crippen LogP contribution in [0.15, 0.2) is 10.7 Å². The minimum Gasteiger partial charge on any atom is -0.342 e. The van der Waals surface area contributed by atoms with E-state index in [4.69, 9.17) is 4.52 Å². The van der Waals surface area contributed by atoms with E-state index in [1.807, 2.05) is 0 Å². The summed E-state index contributed by atoms with van der Waals surface area (Å²) in [5, 5.41) is 6.91. The van der Waals surface area contributed by atoms with Gasteiger partial charge in [-0.25, -0.2) is 0 Å². The van der Waals surface area contributed by atoms with Crippen molar-refractivity contribution in [2.24, 2.45) is 5.92 Å². The predicted octanol–water partition coefficient (Wildman–Crippen LogP) is 1.27. The Morgan fingerprint density at radius 1 is 1.67 bits per heavy atom. The lowest BCUT2D eigenvalue weighted by atomic mass is 10.1. The second kappa shape index (κ2) is 2.62. The molecular formula is C6H10N2O. The number of nitrogens with zero attached hydrogens (tertiary/aromatic N) is 2. The molecule has 3 nitrogen and oxygen atoms in total. The molecule has 0 unspecified atom stereocenters. The molecule has 0 aliphatic heterocycles. The van der Waals surface area contributed by atoms with Crippen molar-refractivity contribution in [3.8, 4) is 0 Å². The zero-order valence-electron chi connectivity index (χ0n) is 5.66. The summed E-state index contributed by atoms with van der Waals surface area (Å²) in [5.41, 5.74) is 0. The molecule has 0 spiro atoms. The van der Waals surface area contributed by atoms with Gasteiger partial charge in [0.15, 0.2) is 5.76 Å². The van der Waals surface area contributed by atoms with Crippen molar-refractivity contribution in [2.45, 2.75) is 20.3 Å². The third-order valence-corrected chi connectivity index (χ3v) is 1.02. The van der Waals surface area contributed by atoms with Crippen LogP contribution in [0.25, 0.3) is 0 Å². The first-order chi connectivity index (χ1) is 4.29. The van der Waals surface area contributed by atoms with Gasteiger partial charge >= 0.3 is 0 Å². The number of hydrogen-bond acceptors (Lipinski definition) is 3. The molecule has 1 rings (SSSR count). The summed E-state index contributed by atoms with van der Waals surface area (Å²) in [6.45, 7) is 4.26. The van der Waals surface area contributed by atoms with Gasteiger partial charge in [-0.3, -0.25) is 0 Å². The molecule has 1 aromatic rings. The van der Waals surface area contributed by atoms with Gasteiger partial charge in [0.2, 0.25) is 0 Å².